The lowest BCUT2D eigenvalue weighted by molar-refractivity contribution is 0.319. The van der Waals surface area contributed by atoms with Gasteiger partial charge in [0.15, 0.2) is 0 Å². The first-order chi connectivity index (χ1) is 9.19. The second-order valence-corrected chi connectivity index (χ2v) is 4.98. The highest BCUT2D eigenvalue weighted by atomic mass is 35.5. The van der Waals surface area contributed by atoms with Crippen LogP contribution in [-0.2, 0) is 13.1 Å². The zero-order chi connectivity index (χ0) is 13.7. The number of rotatable bonds is 4. The summed E-state index contributed by atoms with van der Waals surface area (Å²) in [5.74, 6) is 0. The van der Waals surface area contributed by atoms with Crippen molar-refractivity contribution in [3.63, 3.8) is 0 Å². The molecule has 0 N–H and O–H groups in total. The maximum atomic E-state index is 8.76. The predicted octanol–water partition coefficient (Wildman–Crippen LogP) is 3.84. The Kier molecular flexibility index (Phi) is 4.57. The Hall–Kier alpha value is -1.82. The molecule has 2 aromatic rings. The molecule has 0 aromatic heterocycles. The van der Waals surface area contributed by atoms with Crippen LogP contribution in [0.3, 0.4) is 0 Å². The summed E-state index contributed by atoms with van der Waals surface area (Å²) in [6.07, 6.45) is 0. The number of halogens is 1. The van der Waals surface area contributed by atoms with Crippen LogP contribution in [0, 0.1) is 11.3 Å². The molecular formula is C16H15ClN2. The molecule has 0 unspecified atom stereocenters. The normalized spacial score (nSPS) is 10.4. The zero-order valence-electron chi connectivity index (χ0n) is 10.8. The van der Waals surface area contributed by atoms with Crippen LogP contribution in [0.2, 0.25) is 5.02 Å². The van der Waals surface area contributed by atoms with E-state index >= 15 is 0 Å². The molecule has 0 fully saturated rings. The average molecular weight is 271 g/mol. The van der Waals surface area contributed by atoms with Crippen molar-refractivity contribution in [3.05, 3.63) is 70.2 Å². The van der Waals surface area contributed by atoms with Crippen molar-refractivity contribution in [2.75, 3.05) is 7.05 Å². The fourth-order valence-electron chi connectivity index (χ4n) is 1.97. The first-order valence-corrected chi connectivity index (χ1v) is 6.48. The molecule has 0 spiro atoms. The van der Waals surface area contributed by atoms with Gasteiger partial charge in [-0.25, -0.2) is 0 Å². The van der Waals surface area contributed by atoms with Gasteiger partial charge in [0, 0.05) is 18.1 Å². The average Bonchev–Trinajstić information content (AvgIpc) is 2.42. The van der Waals surface area contributed by atoms with Crippen molar-refractivity contribution in [2.45, 2.75) is 13.1 Å². The summed E-state index contributed by atoms with van der Waals surface area (Å²) in [4.78, 5) is 2.20. The second kappa shape index (κ2) is 6.38. The van der Waals surface area contributed by atoms with Crippen molar-refractivity contribution >= 4 is 11.6 Å². The second-order valence-electron chi connectivity index (χ2n) is 4.57. The Balaban J connectivity index is 1.99. The summed E-state index contributed by atoms with van der Waals surface area (Å²) in [5, 5.41) is 9.56. The maximum Gasteiger partial charge on any atom is 0.0991 e. The summed E-state index contributed by atoms with van der Waals surface area (Å²) in [6, 6.07) is 17.7. The molecule has 3 heteroatoms. The molecule has 2 aromatic carbocycles. The number of nitrogens with zero attached hydrogens (tertiary/aromatic N) is 2. The van der Waals surface area contributed by atoms with E-state index in [1.165, 1.54) is 5.56 Å². The maximum absolute atomic E-state index is 8.76. The third-order valence-electron chi connectivity index (χ3n) is 2.93. The summed E-state index contributed by atoms with van der Waals surface area (Å²) >= 11 is 6.15. The SMILES string of the molecule is CN(Cc1ccc(C#N)cc1)Cc1ccccc1Cl. The monoisotopic (exact) mass is 270 g/mol. The van der Waals surface area contributed by atoms with Crippen molar-refractivity contribution in [2.24, 2.45) is 0 Å². The minimum Gasteiger partial charge on any atom is -0.298 e. The van der Waals surface area contributed by atoms with E-state index in [0.29, 0.717) is 5.56 Å². The summed E-state index contributed by atoms with van der Waals surface area (Å²) in [7, 11) is 2.06. The van der Waals surface area contributed by atoms with Crippen LogP contribution in [0.1, 0.15) is 16.7 Å². The molecule has 0 aliphatic heterocycles. The summed E-state index contributed by atoms with van der Waals surface area (Å²) in [6.45, 7) is 1.64. The van der Waals surface area contributed by atoms with Crippen LogP contribution < -0.4 is 0 Å². The molecule has 0 aliphatic carbocycles. The van der Waals surface area contributed by atoms with Gasteiger partial charge in [0.05, 0.1) is 11.6 Å². The molecule has 0 bridgehead atoms. The molecule has 0 heterocycles. The van der Waals surface area contributed by atoms with E-state index in [1.54, 1.807) is 0 Å². The minimum atomic E-state index is 0.692. The van der Waals surface area contributed by atoms with Gasteiger partial charge in [0.2, 0.25) is 0 Å². The molecule has 96 valence electrons. The van der Waals surface area contributed by atoms with E-state index in [2.05, 4.69) is 18.0 Å². The quantitative estimate of drug-likeness (QED) is 0.844. The standard InChI is InChI=1S/C16H15ClN2/c1-19(12-15-4-2-3-5-16(15)17)11-14-8-6-13(10-18)7-9-14/h2-9H,11-12H2,1H3. The first kappa shape index (κ1) is 13.6. The van der Waals surface area contributed by atoms with E-state index in [9.17, 15) is 0 Å². The molecule has 2 nitrogen and oxygen atoms in total. The topological polar surface area (TPSA) is 27.0 Å². The molecule has 0 saturated carbocycles. The largest absolute Gasteiger partial charge is 0.298 e. The van der Waals surface area contributed by atoms with Crippen molar-refractivity contribution in [1.29, 1.82) is 5.26 Å². The number of nitriles is 1. The predicted molar refractivity (Wildman–Crippen MR) is 77.8 cm³/mol. The number of hydrogen-bond donors (Lipinski definition) is 0. The molecule has 19 heavy (non-hydrogen) atoms. The molecule has 0 radical (unpaired) electrons. The molecule has 0 aliphatic rings. The molecule has 2 rings (SSSR count). The summed E-state index contributed by atoms with van der Waals surface area (Å²) in [5.41, 5.74) is 3.01. The number of hydrogen-bond acceptors (Lipinski definition) is 2. The van der Waals surface area contributed by atoms with Gasteiger partial charge in [-0.2, -0.15) is 5.26 Å². The van der Waals surface area contributed by atoms with Gasteiger partial charge < -0.3 is 0 Å². The molecule has 0 saturated heterocycles. The van der Waals surface area contributed by atoms with Crippen LogP contribution in [-0.4, -0.2) is 11.9 Å². The van der Waals surface area contributed by atoms with Gasteiger partial charge in [-0.05, 0) is 36.4 Å². The third kappa shape index (κ3) is 3.82. The van der Waals surface area contributed by atoms with Gasteiger partial charge in [0.25, 0.3) is 0 Å². The zero-order valence-corrected chi connectivity index (χ0v) is 11.6. The lowest BCUT2D eigenvalue weighted by Gasteiger charge is -2.17. The van der Waals surface area contributed by atoms with E-state index in [1.807, 2.05) is 48.5 Å². The van der Waals surface area contributed by atoms with Gasteiger partial charge >= 0.3 is 0 Å². The lowest BCUT2D eigenvalue weighted by atomic mass is 10.1. The Bertz CT molecular complexity index is 584. The Morgan fingerprint density at radius 1 is 1.05 bits per heavy atom. The Morgan fingerprint density at radius 2 is 1.74 bits per heavy atom. The van der Waals surface area contributed by atoms with Gasteiger partial charge in [0.1, 0.15) is 0 Å². The van der Waals surface area contributed by atoms with Crippen LogP contribution in [0.25, 0.3) is 0 Å². The highest BCUT2D eigenvalue weighted by Crippen LogP contribution is 2.17. The van der Waals surface area contributed by atoms with E-state index in [4.69, 9.17) is 16.9 Å². The van der Waals surface area contributed by atoms with Crippen LogP contribution in [0.5, 0.6) is 0 Å². The third-order valence-corrected chi connectivity index (χ3v) is 3.30. The first-order valence-electron chi connectivity index (χ1n) is 6.10. The van der Waals surface area contributed by atoms with Crippen molar-refractivity contribution in [1.82, 2.24) is 4.90 Å². The van der Waals surface area contributed by atoms with Crippen molar-refractivity contribution in [3.8, 4) is 6.07 Å². The highest BCUT2D eigenvalue weighted by Gasteiger charge is 2.04. The summed E-state index contributed by atoms with van der Waals surface area (Å²) < 4.78 is 0. The van der Waals surface area contributed by atoms with Crippen LogP contribution in [0.4, 0.5) is 0 Å². The number of benzene rings is 2. The van der Waals surface area contributed by atoms with E-state index < -0.39 is 0 Å². The van der Waals surface area contributed by atoms with Crippen LogP contribution >= 0.6 is 11.6 Å². The lowest BCUT2D eigenvalue weighted by Crippen LogP contribution is -2.17. The van der Waals surface area contributed by atoms with E-state index in [-0.39, 0.29) is 0 Å². The molecule has 0 amide bonds. The molecular weight excluding hydrogens is 256 g/mol. The van der Waals surface area contributed by atoms with Gasteiger partial charge in [-0.1, -0.05) is 41.9 Å². The Labute approximate surface area is 118 Å². The fourth-order valence-corrected chi connectivity index (χ4v) is 2.17. The van der Waals surface area contributed by atoms with Crippen molar-refractivity contribution < 1.29 is 0 Å². The smallest absolute Gasteiger partial charge is 0.0991 e. The van der Waals surface area contributed by atoms with E-state index in [0.717, 1.165) is 23.7 Å². The fraction of sp³-hybridized carbons (Fsp3) is 0.188. The minimum absolute atomic E-state index is 0.692. The van der Waals surface area contributed by atoms with Crippen LogP contribution in [0.15, 0.2) is 48.5 Å². The Morgan fingerprint density at radius 3 is 2.37 bits per heavy atom. The highest BCUT2D eigenvalue weighted by molar-refractivity contribution is 6.31. The van der Waals surface area contributed by atoms with Gasteiger partial charge in [-0.3, -0.25) is 4.90 Å². The van der Waals surface area contributed by atoms with Gasteiger partial charge in [-0.15, -0.1) is 0 Å². The molecule has 0 atom stereocenters.